The van der Waals surface area contributed by atoms with E-state index in [2.05, 4.69) is 182 Å². The Hall–Kier alpha value is -6.18. The molecule has 0 aromatic heterocycles. The maximum atomic E-state index is 3.15. The van der Waals surface area contributed by atoms with Gasteiger partial charge in [0, 0.05) is 32.7 Å². The monoisotopic (exact) mass is 803 g/mol. The van der Waals surface area contributed by atoms with Gasteiger partial charge in [-0.2, -0.15) is 48.5 Å². The molecule has 0 aliphatic heterocycles. The summed E-state index contributed by atoms with van der Waals surface area (Å²) >= 11 is 0. The molecule has 57 heavy (non-hydrogen) atoms. The molecule has 1 radical (unpaired) electrons. The van der Waals surface area contributed by atoms with E-state index in [0.717, 1.165) is 11.1 Å². The van der Waals surface area contributed by atoms with Crippen LogP contribution in [0.2, 0.25) is 0 Å². The van der Waals surface area contributed by atoms with E-state index >= 15 is 0 Å². The van der Waals surface area contributed by atoms with Gasteiger partial charge in [-0.15, -0.1) is 12.1 Å². The molecule has 0 N–H and O–H groups in total. The Bertz CT molecular complexity index is 2540. The van der Waals surface area contributed by atoms with Crippen LogP contribution in [0.4, 0.5) is 0 Å². The van der Waals surface area contributed by atoms with Crippen LogP contribution in [-0.2, 0) is 32.7 Å². The van der Waals surface area contributed by atoms with Gasteiger partial charge in [-0.05, 0) is 66.0 Å². The van der Waals surface area contributed by atoms with Crippen molar-refractivity contribution in [1.82, 2.24) is 0 Å². The normalized spacial score (nSPS) is 9.96. The molecule has 11 rings (SSSR count). The third-order valence-corrected chi connectivity index (χ3v) is 9.30. The second-order valence-corrected chi connectivity index (χ2v) is 13.1. The Kier molecular flexibility index (Phi) is 15.5. The zero-order valence-corrected chi connectivity index (χ0v) is 34.7. The first-order chi connectivity index (χ1) is 27.8. The maximum Gasteiger partial charge on any atom is 0 e. The van der Waals surface area contributed by atoms with Crippen molar-refractivity contribution in [2.75, 3.05) is 0 Å². The van der Waals surface area contributed by atoms with Gasteiger partial charge in [-0.3, -0.25) is 0 Å². The van der Waals surface area contributed by atoms with E-state index in [9.17, 15) is 0 Å². The third kappa shape index (κ3) is 11.7. The summed E-state index contributed by atoms with van der Waals surface area (Å²) in [5, 5.41) is 13.2. The first kappa shape index (κ1) is 40.5. The van der Waals surface area contributed by atoms with Crippen LogP contribution in [0.3, 0.4) is 0 Å². The smallest absolute Gasteiger partial charge is 0 e. The quantitative estimate of drug-likeness (QED) is 0.0881. The zero-order valence-electron chi connectivity index (χ0n) is 31.8. The summed E-state index contributed by atoms with van der Waals surface area (Å²) in [6.07, 6.45) is 0. The van der Waals surface area contributed by atoms with E-state index in [4.69, 9.17) is 0 Å². The second kappa shape index (κ2) is 21.8. The molecule has 11 aromatic rings. The molecular weight excluding hydrogens is 762 g/mol. The first-order valence-corrected chi connectivity index (χ1v) is 18.9. The first-order valence-electron chi connectivity index (χ1n) is 18.9. The molecule has 0 saturated heterocycles. The van der Waals surface area contributed by atoms with Gasteiger partial charge in [0.25, 0.3) is 0 Å². The fraction of sp³-hybridized carbons (Fsp3) is 0. The summed E-state index contributed by atoms with van der Waals surface area (Å²) in [6.45, 7) is 0. The van der Waals surface area contributed by atoms with Crippen LogP contribution in [0.15, 0.2) is 255 Å². The van der Waals surface area contributed by atoms with Crippen molar-refractivity contribution in [3.63, 3.8) is 0 Å². The summed E-state index contributed by atoms with van der Waals surface area (Å²) in [5.41, 5.74) is 2.19. The Morgan fingerprint density at radius 1 is 0.211 bits per heavy atom. The van der Waals surface area contributed by atoms with E-state index in [1.54, 1.807) is 0 Å². The molecule has 0 spiro atoms. The number of hydrogen-bond acceptors (Lipinski definition) is 0. The Labute approximate surface area is 362 Å². The van der Waals surface area contributed by atoms with E-state index in [-0.39, 0.29) is 32.7 Å². The summed E-state index contributed by atoms with van der Waals surface area (Å²) in [6, 6.07) is 93.6. The van der Waals surface area contributed by atoms with E-state index in [1.165, 1.54) is 53.9 Å². The van der Waals surface area contributed by atoms with Crippen molar-refractivity contribution in [2.24, 2.45) is 0 Å². The van der Waals surface area contributed by atoms with Crippen LogP contribution in [0.5, 0.6) is 0 Å². The van der Waals surface area contributed by atoms with Gasteiger partial charge < -0.3 is 0 Å². The topological polar surface area (TPSA) is 0 Å². The second-order valence-electron chi connectivity index (χ2n) is 13.1. The van der Waals surface area contributed by atoms with Crippen LogP contribution in [0, 0.1) is 12.1 Å². The average Bonchev–Trinajstić information content (AvgIpc) is 3.30. The van der Waals surface area contributed by atoms with Crippen LogP contribution in [0.25, 0.3) is 65.0 Å². The van der Waals surface area contributed by atoms with Gasteiger partial charge in [-0.1, -0.05) is 194 Å². The third-order valence-electron chi connectivity index (χ3n) is 9.30. The van der Waals surface area contributed by atoms with Crippen LogP contribution >= 0.6 is 0 Å². The zero-order chi connectivity index (χ0) is 38.0. The largest absolute Gasteiger partial charge is 0.226 e. The number of hydrogen-bond donors (Lipinski definition) is 0. The minimum Gasteiger partial charge on any atom is -0.226 e. The van der Waals surface area contributed by atoms with Crippen molar-refractivity contribution in [3.05, 3.63) is 267 Å². The minimum atomic E-state index is 0. The maximum absolute atomic E-state index is 3.15. The summed E-state index contributed by atoms with van der Waals surface area (Å²) < 4.78 is 0. The van der Waals surface area contributed by atoms with Crippen molar-refractivity contribution in [3.8, 4) is 11.1 Å². The molecule has 1 heteroatoms. The van der Waals surface area contributed by atoms with Crippen LogP contribution < -0.4 is 0 Å². The molecular formula is C56H42Y-2. The molecule has 0 aliphatic carbocycles. The molecule has 0 saturated carbocycles. The van der Waals surface area contributed by atoms with Gasteiger partial charge in [0.05, 0.1) is 0 Å². The number of fused-ring (bicyclic) bond motifs is 6. The fourth-order valence-corrected chi connectivity index (χ4v) is 6.48. The molecule has 11 aromatic carbocycles. The molecule has 0 unspecified atom stereocenters. The van der Waals surface area contributed by atoms with Crippen molar-refractivity contribution in [2.45, 2.75) is 0 Å². The van der Waals surface area contributed by atoms with Gasteiger partial charge in [0.2, 0.25) is 0 Å². The van der Waals surface area contributed by atoms with E-state index in [0.29, 0.717) is 0 Å². The molecule has 0 atom stereocenters. The van der Waals surface area contributed by atoms with Crippen molar-refractivity contribution < 1.29 is 32.7 Å². The molecule has 271 valence electrons. The van der Waals surface area contributed by atoms with Gasteiger partial charge in [-0.25, -0.2) is 11.1 Å². The Balaban J connectivity index is 0.000000123. The average molecular weight is 804 g/mol. The molecule has 0 nitrogen and oxygen atoms in total. The van der Waals surface area contributed by atoms with Gasteiger partial charge >= 0.3 is 0 Å². The van der Waals surface area contributed by atoms with E-state index < -0.39 is 0 Å². The molecule has 0 aliphatic rings. The predicted octanol–water partition coefficient (Wildman–Crippen LogP) is 15.5. The Morgan fingerprint density at radius 3 is 0.772 bits per heavy atom. The van der Waals surface area contributed by atoms with Gasteiger partial charge in [0.15, 0.2) is 0 Å². The SMILES string of the molecule is [Y].[c-]1ccccc1-c1[c-]cccc1.c1ccc2c(c1)ccc1ccccc12.c1ccc2cc3ccccc3cc2c1.c1ccc2ccccc2c1.c1ccccc1. The number of rotatable bonds is 1. The minimum absolute atomic E-state index is 0. The molecule has 0 bridgehead atoms. The van der Waals surface area contributed by atoms with Crippen molar-refractivity contribution >= 4 is 53.9 Å². The fourth-order valence-electron chi connectivity index (χ4n) is 6.48. The molecule has 0 heterocycles. The van der Waals surface area contributed by atoms with Crippen LogP contribution in [-0.4, -0.2) is 0 Å². The molecule has 0 amide bonds. The van der Waals surface area contributed by atoms with Crippen LogP contribution in [0.1, 0.15) is 0 Å². The summed E-state index contributed by atoms with van der Waals surface area (Å²) in [4.78, 5) is 0. The predicted molar refractivity (Wildman–Crippen MR) is 243 cm³/mol. The standard InChI is InChI=1S/2C14H10.C12H8.C10H8.C6H6.Y/c1-3-7-13-11(5-1)9-10-12-6-2-4-8-14(12)13;1-2-6-12-10-14-8-4-3-7-13(14)9-11(12)5-1;1-3-7-11(8-4-1)12-9-5-2-6-10-12;1-2-6-10-8-4-3-7-9(10)5-1;1-2-4-6-5-3-1;/h2*1-10H;1-7,9H;1-8H;1-6H;/q;;-2;;;. The van der Waals surface area contributed by atoms with Crippen molar-refractivity contribution in [1.29, 1.82) is 0 Å². The molecule has 0 fully saturated rings. The summed E-state index contributed by atoms with van der Waals surface area (Å²) in [5.74, 6) is 0. The summed E-state index contributed by atoms with van der Waals surface area (Å²) in [7, 11) is 0. The Morgan fingerprint density at radius 2 is 0.474 bits per heavy atom. The van der Waals surface area contributed by atoms with Gasteiger partial charge in [0.1, 0.15) is 0 Å². The number of benzene rings is 11. The van der Waals surface area contributed by atoms with E-state index in [1.807, 2.05) is 84.9 Å².